The molecule has 1 aromatic rings. The molecule has 1 rings (SSSR count). The Kier molecular flexibility index (Phi) is 3.40. The van der Waals surface area contributed by atoms with Crippen molar-refractivity contribution in [2.24, 2.45) is 0 Å². The highest BCUT2D eigenvalue weighted by molar-refractivity contribution is 8.07. The molecule has 0 amide bonds. The summed E-state index contributed by atoms with van der Waals surface area (Å²) in [5.74, 6) is 0.222. The smallest absolute Gasteiger partial charge is 0.414 e. The van der Waals surface area contributed by atoms with E-state index in [-0.39, 0.29) is 5.75 Å². The molecule has 0 aliphatic rings. The summed E-state index contributed by atoms with van der Waals surface area (Å²) in [4.78, 5) is 19.1. The topological polar surface area (TPSA) is 81.8 Å². The molecule has 14 heavy (non-hydrogen) atoms. The van der Waals surface area contributed by atoms with Gasteiger partial charge in [-0.25, -0.2) is 4.62 Å². The minimum absolute atomic E-state index is 0.222. The van der Waals surface area contributed by atoms with Crippen molar-refractivity contribution in [3.05, 3.63) is 40.4 Å². The zero-order valence-corrected chi connectivity index (χ0v) is 8.48. The van der Waals surface area contributed by atoms with E-state index in [4.69, 9.17) is 4.52 Å². The lowest BCUT2D eigenvalue weighted by atomic mass is 10.3. The summed E-state index contributed by atoms with van der Waals surface area (Å²) < 4.78 is 8.55. The Morgan fingerprint density at radius 2 is 2.00 bits per heavy atom. The van der Waals surface area contributed by atoms with Crippen LogP contribution < -0.4 is 4.52 Å². The SMILES string of the molecule is O=[N+]([O-])OP(O)(=S)Oc1ccccc1. The Morgan fingerprint density at radius 3 is 2.50 bits per heavy atom. The average Bonchev–Trinajstić information content (AvgIpc) is 2.02. The number of rotatable bonds is 4. The summed E-state index contributed by atoms with van der Waals surface area (Å²) in [6.45, 7) is -3.84. The van der Waals surface area contributed by atoms with E-state index >= 15 is 0 Å². The van der Waals surface area contributed by atoms with E-state index in [1.807, 2.05) is 0 Å². The van der Waals surface area contributed by atoms with Crippen LogP contribution in [0.3, 0.4) is 0 Å². The fraction of sp³-hybridized carbons (Fsp3) is 0. The molecule has 0 bridgehead atoms. The van der Waals surface area contributed by atoms with Gasteiger partial charge >= 0.3 is 11.8 Å². The highest BCUT2D eigenvalue weighted by Crippen LogP contribution is 2.43. The molecule has 0 aliphatic carbocycles. The third-order valence-corrected chi connectivity index (χ3v) is 2.34. The molecule has 0 saturated carbocycles. The van der Waals surface area contributed by atoms with Crippen LogP contribution in [0.25, 0.3) is 0 Å². The lowest BCUT2D eigenvalue weighted by Gasteiger charge is -2.12. The third kappa shape index (κ3) is 3.69. The molecule has 0 aromatic heterocycles. The van der Waals surface area contributed by atoms with E-state index in [1.165, 1.54) is 12.1 Å². The second-order valence-corrected chi connectivity index (χ2v) is 4.85. The predicted octanol–water partition coefficient (Wildman–Crippen LogP) is 1.49. The van der Waals surface area contributed by atoms with Crippen LogP contribution in [0.4, 0.5) is 0 Å². The van der Waals surface area contributed by atoms with Crippen molar-refractivity contribution >= 4 is 18.5 Å². The van der Waals surface area contributed by atoms with Gasteiger partial charge in [-0.05, 0) is 12.1 Å². The lowest BCUT2D eigenvalue weighted by molar-refractivity contribution is -0.715. The monoisotopic (exact) mass is 235 g/mol. The van der Waals surface area contributed by atoms with Gasteiger partial charge in [0.05, 0.1) is 0 Å². The minimum Gasteiger partial charge on any atom is -0.426 e. The molecule has 0 spiro atoms. The van der Waals surface area contributed by atoms with Crippen molar-refractivity contribution in [2.45, 2.75) is 0 Å². The van der Waals surface area contributed by atoms with E-state index < -0.39 is 11.8 Å². The third-order valence-electron chi connectivity index (χ3n) is 1.13. The Labute approximate surface area is 84.4 Å². The fourth-order valence-electron chi connectivity index (χ4n) is 0.715. The first-order valence-corrected chi connectivity index (χ1v) is 6.00. The normalized spacial score (nSPS) is 14.1. The fourth-order valence-corrected chi connectivity index (χ4v) is 1.73. The first-order chi connectivity index (χ1) is 6.49. The van der Waals surface area contributed by atoms with Crippen LogP contribution in [0, 0.1) is 10.1 Å². The van der Waals surface area contributed by atoms with Gasteiger partial charge in [0.25, 0.3) is 0 Å². The number of hydrogen-bond acceptors (Lipinski definition) is 5. The first kappa shape index (κ1) is 10.9. The number of para-hydroxylation sites is 1. The zero-order valence-electron chi connectivity index (χ0n) is 6.77. The summed E-state index contributed by atoms with van der Waals surface area (Å²) >= 11 is 4.38. The van der Waals surface area contributed by atoms with Crippen LogP contribution in [0.5, 0.6) is 5.75 Å². The van der Waals surface area contributed by atoms with Gasteiger partial charge in [-0.3, -0.25) is 0 Å². The number of hydrogen-bond donors (Lipinski definition) is 1. The summed E-state index contributed by atoms with van der Waals surface area (Å²) in [6.07, 6.45) is 0. The second kappa shape index (κ2) is 4.36. The van der Waals surface area contributed by atoms with Crippen molar-refractivity contribution in [2.75, 3.05) is 0 Å². The van der Waals surface area contributed by atoms with Gasteiger partial charge in [-0.2, -0.15) is 0 Å². The Balaban J connectivity index is 2.69. The molecule has 76 valence electrons. The maximum Gasteiger partial charge on any atom is 0.414 e. The van der Waals surface area contributed by atoms with Crippen LogP contribution in [-0.4, -0.2) is 9.98 Å². The number of nitrogens with zero attached hydrogens (tertiary/aromatic N) is 1. The Morgan fingerprint density at radius 1 is 1.43 bits per heavy atom. The Bertz CT molecular complexity index is 370. The van der Waals surface area contributed by atoms with E-state index in [9.17, 15) is 15.0 Å². The van der Waals surface area contributed by atoms with Gasteiger partial charge in [0.15, 0.2) is 0 Å². The van der Waals surface area contributed by atoms with Crippen LogP contribution >= 0.6 is 6.72 Å². The van der Waals surface area contributed by atoms with Crippen molar-refractivity contribution < 1.29 is 19.1 Å². The van der Waals surface area contributed by atoms with Crippen LogP contribution in [-0.2, 0) is 16.4 Å². The summed E-state index contributed by atoms with van der Waals surface area (Å²) in [5, 5.41) is 8.73. The van der Waals surface area contributed by atoms with Gasteiger partial charge in [0.2, 0.25) is 0 Å². The molecule has 6 nitrogen and oxygen atoms in total. The van der Waals surface area contributed by atoms with Crippen LogP contribution in [0.15, 0.2) is 30.3 Å². The highest BCUT2D eigenvalue weighted by atomic mass is 32.5. The van der Waals surface area contributed by atoms with Crippen molar-refractivity contribution in [1.82, 2.24) is 0 Å². The van der Waals surface area contributed by atoms with Gasteiger partial charge in [0, 0.05) is 11.8 Å². The van der Waals surface area contributed by atoms with Crippen molar-refractivity contribution in [3.8, 4) is 5.75 Å². The summed E-state index contributed by atoms with van der Waals surface area (Å²) in [5.41, 5.74) is 0. The molecular weight excluding hydrogens is 229 g/mol. The zero-order chi connectivity index (χ0) is 10.6. The van der Waals surface area contributed by atoms with E-state index in [0.717, 1.165) is 0 Å². The van der Waals surface area contributed by atoms with Crippen molar-refractivity contribution in [3.63, 3.8) is 0 Å². The molecule has 0 fully saturated rings. The molecule has 1 aromatic carbocycles. The van der Waals surface area contributed by atoms with Gasteiger partial charge in [0.1, 0.15) is 5.75 Å². The standard InChI is InChI=1S/C6H6NO5PS/c8-7(9)12-13(10,14)11-6-4-2-1-3-5-6/h1-5H,(H,10,14). The summed E-state index contributed by atoms with van der Waals surface area (Å²) in [7, 11) is 0. The van der Waals surface area contributed by atoms with E-state index in [2.05, 4.69) is 16.4 Å². The number of benzene rings is 1. The van der Waals surface area contributed by atoms with Crippen LogP contribution in [0.2, 0.25) is 0 Å². The average molecular weight is 235 g/mol. The second-order valence-electron chi connectivity index (χ2n) is 2.18. The van der Waals surface area contributed by atoms with Gasteiger partial charge < -0.3 is 9.42 Å². The molecule has 1 atom stereocenters. The van der Waals surface area contributed by atoms with Gasteiger partial charge in [-0.15, -0.1) is 10.1 Å². The molecule has 8 heteroatoms. The predicted molar refractivity (Wildman–Crippen MR) is 51.7 cm³/mol. The lowest BCUT2D eigenvalue weighted by Crippen LogP contribution is -2.02. The molecule has 0 heterocycles. The largest absolute Gasteiger partial charge is 0.426 e. The minimum atomic E-state index is -3.84. The van der Waals surface area contributed by atoms with Gasteiger partial charge in [-0.1, -0.05) is 18.2 Å². The molecule has 0 saturated heterocycles. The van der Waals surface area contributed by atoms with Crippen LogP contribution in [0.1, 0.15) is 0 Å². The van der Waals surface area contributed by atoms with Crippen molar-refractivity contribution in [1.29, 1.82) is 0 Å². The highest BCUT2D eigenvalue weighted by Gasteiger charge is 2.20. The maximum atomic E-state index is 9.91. The molecule has 1 N–H and O–H groups in total. The Hall–Kier alpha value is -1.17. The maximum absolute atomic E-state index is 9.91. The quantitative estimate of drug-likeness (QED) is 0.483. The van der Waals surface area contributed by atoms with E-state index in [1.54, 1.807) is 18.2 Å². The first-order valence-electron chi connectivity index (χ1n) is 3.41. The summed E-state index contributed by atoms with van der Waals surface area (Å²) in [6, 6.07) is 8.00. The molecule has 0 aliphatic heterocycles. The molecule has 0 radical (unpaired) electrons. The molecule has 1 unspecified atom stereocenters. The van der Waals surface area contributed by atoms with E-state index in [0.29, 0.717) is 0 Å². The molecular formula is C6H6NO5PS.